The van der Waals surface area contributed by atoms with Gasteiger partial charge in [-0.1, -0.05) is 23.7 Å². The number of rotatable bonds is 2. The predicted octanol–water partition coefficient (Wildman–Crippen LogP) is 3.19. The topological polar surface area (TPSA) is 54.5 Å². The van der Waals surface area contributed by atoms with Crippen molar-refractivity contribution in [2.24, 2.45) is 0 Å². The predicted molar refractivity (Wildman–Crippen MR) is 70.1 cm³/mol. The van der Waals surface area contributed by atoms with E-state index in [0.717, 1.165) is 16.8 Å². The molecule has 1 N–H and O–H groups in total. The molecule has 0 spiro atoms. The molecule has 1 aromatic carbocycles. The maximum absolute atomic E-state index is 5.88. The number of nitrogens with zero attached hydrogens (tertiary/aromatic N) is 3. The van der Waals surface area contributed by atoms with E-state index in [0.29, 0.717) is 10.8 Å². The lowest BCUT2D eigenvalue weighted by molar-refractivity contribution is 1.10. The summed E-state index contributed by atoms with van der Waals surface area (Å²) in [5, 5.41) is 7.73. The second-order valence-corrected chi connectivity index (χ2v) is 4.17. The van der Waals surface area contributed by atoms with Crippen LogP contribution in [0.1, 0.15) is 0 Å². The normalized spacial score (nSPS) is 10.5. The van der Waals surface area contributed by atoms with Crippen LogP contribution >= 0.6 is 11.6 Å². The van der Waals surface area contributed by atoms with Gasteiger partial charge in [0, 0.05) is 23.0 Å². The number of H-pyrrole nitrogens is 1. The molecule has 3 rings (SSSR count). The highest BCUT2D eigenvalue weighted by atomic mass is 35.5. The van der Waals surface area contributed by atoms with Crippen LogP contribution in [0, 0.1) is 0 Å². The van der Waals surface area contributed by atoms with E-state index in [1.807, 2.05) is 24.3 Å². The molecule has 0 saturated carbocycles. The Balaban J connectivity index is 2.10. The van der Waals surface area contributed by atoms with Crippen molar-refractivity contribution in [3.8, 4) is 22.6 Å². The molecule has 2 heterocycles. The first-order valence-electron chi connectivity index (χ1n) is 5.41. The van der Waals surface area contributed by atoms with Crippen molar-refractivity contribution >= 4 is 11.6 Å². The van der Waals surface area contributed by atoms with E-state index in [1.165, 1.54) is 0 Å². The summed E-state index contributed by atoms with van der Waals surface area (Å²) < 4.78 is 0. The van der Waals surface area contributed by atoms with Gasteiger partial charge in [0.25, 0.3) is 0 Å². The number of halogens is 1. The van der Waals surface area contributed by atoms with Crippen LogP contribution in [-0.2, 0) is 0 Å². The van der Waals surface area contributed by atoms with Crippen LogP contribution in [0.5, 0.6) is 0 Å². The third-order valence-corrected chi connectivity index (χ3v) is 2.83. The van der Waals surface area contributed by atoms with Crippen molar-refractivity contribution in [2.75, 3.05) is 0 Å². The molecule has 0 aliphatic heterocycles. The number of aromatic nitrogens is 4. The standard InChI is InChI=1S/C13H9ClN4/c14-10-4-2-9(3-5-10)12-11(8-17-18-12)13-15-6-1-7-16-13/h1-8H,(H,17,18). The Kier molecular flexibility index (Phi) is 2.78. The van der Waals surface area contributed by atoms with Crippen LogP contribution in [-0.4, -0.2) is 20.2 Å². The van der Waals surface area contributed by atoms with Gasteiger partial charge in [-0.2, -0.15) is 5.10 Å². The minimum atomic E-state index is 0.649. The summed E-state index contributed by atoms with van der Waals surface area (Å²) in [7, 11) is 0. The zero-order valence-electron chi connectivity index (χ0n) is 9.34. The molecule has 0 fully saturated rings. The van der Waals surface area contributed by atoms with Gasteiger partial charge in [-0.15, -0.1) is 0 Å². The van der Waals surface area contributed by atoms with Gasteiger partial charge >= 0.3 is 0 Å². The molecule has 0 saturated heterocycles. The molecule has 3 aromatic rings. The molecule has 0 unspecified atom stereocenters. The van der Waals surface area contributed by atoms with Crippen molar-refractivity contribution in [3.05, 3.63) is 53.9 Å². The van der Waals surface area contributed by atoms with Crippen LogP contribution in [0.25, 0.3) is 22.6 Å². The van der Waals surface area contributed by atoms with Gasteiger partial charge in [-0.05, 0) is 18.2 Å². The zero-order chi connectivity index (χ0) is 12.4. The average Bonchev–Trinajstić information content (AvgIpc) is 2.90. The molecule has 4 nitrogen and oxygen atoms in total. The fraction of sp³-hybridized carbons (Fsp3) is 0. The number of hydrogen-bond donors (Lipinski definition) is 1. The minimum absolute atomic E-state index is 0.649. The minimum Gasteiger partial charge on any atom is -0.277 e. The monoisotopic (exact) mass is 256 g/mol. The summed E-state index contributed by atoms with van der Waals surface area (Å²) in [6, 6.07) is 9.33. The molecule has 5 heteroatoms. The second-order valence-electron chi connectivity index (χ2n) is 3.74. The molecular formula is C13H9ClN4. The Morgan fingerprint density at radius 1 is 1.00 bits per heavy atom. The van der Waals surface area contributed by atoms with Crippen LogP contribution in [0.15, 0.2) is 48.9 Å². The Morgan fingerprint density at radius 2 is 1.72 bits per heavy atom. The molecule has 0 aliphatic rings. The molecule has 88 valence electrons. The summed E-state index contributed by atoms with van der Waals surface area (Å²) in [6.07, 6.45) is 5.14. The highest BCUT2D eigenvalue weighted by molar-refractivity contribution is 6.30. The Morgan fingerprint density at radius 3 is 2.44 bits per heavy atom. The van der Waals surface area contributed by atoms with Crippen molar-refractivity contribution in [3.63, 3.8) is 0 Å². The van der Waals surface area contributed by atoms with E-state index < -0.39 is 0 Å². The van der Waals surface area contributed by atoms with Crippen molar-refractivity contribution in [1.82, 2.24) is 20.2 Å². The van der Waals surface area contributed by atoms with Gasteiger partial charge in [-0.3, -0.25) is 5.10 Å². The molecule has 0 atom stereocenters. The summed E-state index contributed by atoms with van der Waals surface area (Å²) in [5.74, 6) is 0.649. The second kappa shape index (κ2) is 4.58. The van der Waals surface area contributed by atoms with Gasteiger partial charge in [0.15, 0.2) is 5.82 Å². The first-order valence-corrected chi connectivity index (χ1v) is 5.79. The van der Waals surface area contributed by atoms with Gasteiger partial charge in [-0.25, -0.2) is 9.97 Å². The van der Waals surface area contributed by atoms with Crippen LogP contribution in [0.2, 0.25) is 5.02 Å². The fourth-order valence-corrected chi connectivity index (χ4v) is 1.86. The van der Waals surface area contributed by atoms with Crippen molar-refractivity contribution in [1.29, 1.82) is 0 Å². The number of hydrogen-bond acceptors (Lipinski definition) is 3. The zero-order valence-corrected chi connectivity index (χ0v) is 10.1. The highest BCUT2D eigenvalue weighted by Crippen LogP contribution is 2.28. The van der Waals surface area contributed by atoms with Crippen LogP contribution in [0.3, 0.4) is 0 Å². The fourth-order valence-electron chi connectivity index (χ4n) is 1.73. The van der Waals surface area contributed by atoms with Crippen LogP contribution < -0.4 is 0 Å². The quantitative estimate of drug-likeness (QED) is 0.766. The first-order chi connectivity index (χ1) is 8.84. The van der Waals surface area contributed by atoms with E-state index in [9.17, 15) is 0 Å². The third kappa shape index (κ3) is 1.98. The lowest BCUT2D eigenvalue weighted by Gasteiger charge is -2.02. The summed E-state index contributed by atoms with van der Waals surface area (Å²) in [4.78, 5) is 8.46. The van der Waals surface area contributed by atoms with Gasteiger partial charge in [0.1, 0.15) is 0 Å². The number of aromatic amines is 1. The average molecular weight is 257 g/mol. The lowest BCUT2D eigenvalue weighted by atomic mass is 10.1. The maximum Gasteiger partial charge on any atom is 0.162 e. The van der Waals surface area contributed by atoms with Gasteiger partial charge in [0.05, 0.1) is 17.5 Å². The van der Waals surface area contributed by atoms with E-state index in [4.69, 9.17) is 11.6 Å². The molecule has 18 heavy (non-hydrogen) atoms. The summed E-state index contributed by atoms with van der Waals surface area (Å²) >= 11 is 5.88. The molecule has 0 bridgehead atoms. The lowest BCUT2D eigenvalue weighted by Crippen LogP contribution is -1.88. The maximum atomic E-state index is 5.88. The van der Waals surface area contributed by atoms with E-state index in [2.05, 4.69) is 20.2 Å². The molecule has 0 radical (unpaired) electrons. The Bertz CT molecular complexity index is 646. The first kappa shape index (κ1) is 10.9. The molecule has 0 aliphatic carbocycles. The Labute approximate surface area is 109 Å². The summed E-state index contributed by atoms with van der Waals surface area (Å²) in [6.45, 7) is 0. The third-order valence-electron chi connectivity index (χ3n) is 2.58. The van der Waals surface area contributed by atoms with Crippen molar-refractivity contribution < 1.29 is 0 Å². The van der Waals surface area contributed by atoms with E-state index in [1.54, 1.807) is 24.7 Å². The SMILES string of the molecule is Clc1ccc(-c2[nH]ncc2-c2ncccn2)cc1. The molecule has 2 aromatic heterocycles. The Hall–Kier alpha value is -2.20. The summed E-state index contributed by atoms with van der Waals surface area (Å²) in [5.41, 5.74) is 2.76. The largest absolute Gasteiger partial charge is 0.277 e. The van der Waals surface area contributed by atoms with Crippen molar-refractivity contribution in [2.45, 2.75) is 0 Å². The van der Waals surface area contributed by atoms with Crippen LogP contribution in [0.4, 0.5) is 0 Å². The number of nitrogens with one attached hydrogen (secondary N) is 1. The molecular weight excluding hydrogens is 248 g/mol. The van der Waals surface area contributed by atoms with E-state index >= 15 is 0 Å². The van der Waals surface area contributed by atoms with Gasteiger partial charge in [0.2, 0.25) is 0 Å². The van der Waals surface area contributed by atoms with Gasteiger partial charge < -0.3 is 0 Å². The number of benzene rings is 1. The highest BCUT2D eigenvalue weighted by Gasteiger charge is 2.11. The molecule has 0 amide bonds. The van der Waals surface area contributed by atoms with E-state index in [-0.39, 0.29) is 0 Å². The smallest absolute Gasteiger partial charge is 0.162 e.